The second kappa shape index (κ2) is 5.53. The Bertz CT molecular complexity index is 442. The third-order valence-electron chi connectivity index (χ3n) is 3.73. The predicted molar refractivity (Wildman–Crippen MR) is 74.7 cm³/mol. The van der Waals surface area contributed by atoms with Gasteiger partial charge in [-0.25, -0.2) is 0 Å². The normalized spacial score (nSPS) is 16.6. The molecule has 1 unspecified atom stereocenters. The Kier molecular flexibility index (Phi) is 4.02. The van der Waals surface area contributed by atoms with Crippen molar-refractivity contribution in [1.29, 1.82) is 0 Å². The number of anilines is 1. The molecule has 3 nitrogen and oxygen atoms in total. The van der Waals surface area contributed by atoms with Gasteiger partial charge in [-0.15, -0.1) is 0 Å². The Morgan fingerprint density at radius 1 is 1.39 bits per heavy atom. The van der Waals surface area contributed by atoms with Gasteiger partial charge in [-0.3, -0.25) is 4.79 Å². The highest BCUT2D eigenvalue weighted by Crippen LogP contribution is 2.28. The molecule has 1 aromatic carbocycles. The maximum atomic E-state index is 11.6. The minimum atomic E-state index is 0.215. The van der Waals surface area contributed by atoms with Crippen molar-refractivity contribution in [3.63, 3.8) is 0 Å². The molecule has 1 heterocycles. The van der Waals surface area contributed by atoms with E-state index in [0.717, 1.165) is 31.5 Å². The van der Waals surface area contributed by atoms with Crippen LogP contribution in [0, 0.1) is 5.92 Å². The summed E-state index contributed by atoms with van der Waals surface area (Å²) >= 11 is 0. The largest absolute Gasteiger partial charge is 0.330 e. The van der Waals surface area contributed by atoms with Gasteiger partial charge >= 0.3 is 0 Å². The lowest BCUT2D eigenvalue weighted by atomic mass is 9.93. The highest BCUT2D eigenvalue weighted by atomic mass is 16.2. The van der Waals surface area contributed by atoms with Crippen LogP contribution < -0.4 is 10.6 Å². The summed E-state index contributed by atoms with van der Waals surface area (Å²) in [5, 5.41) is 0. The van der Waals surface area contributed by atoms with E-state index in [1.807, 2.05) is 7.05 Å². The van der Waals surface area contributed by atoms with Crippen molar-refractivity contribution in [2.75, 3.05) is 18.5 Å². The lowest BCUT2D eigenvalue weighted by molar-refractivity contribution is -0.118. The Balaban J connectivity index is 2.15. The van der Waals surface area contributed by atoms with Gasteiger partial charge in [0.25, 0.3) is 0 Å². The first kappa shape index (κ1) is 13.1. The van der Waals surface area contributed by atoms with Gasteiger partial charge in [0.2, 0.25) is 5.91 Å². The zero-order valence-corrected chi connectivity index (χ0v) is 11.3. The summed E-state index contributed by atoms with van der Waals surface area (Å²) < 4.78 is 0. The molecule has 1 atom stereocenters. The summed E-state index contributed by atoms with van der Waals surface area (Å²) in [7, 11) is 1.86. The van der Waals surface area contributed by atoms with Gasteiger partial charge in [-0.2, -0.15) is 0 Å². The summed E-state index contributed by atoms with van der Waals surface area (Å²) in [6, 6.07) is 6.48. The standard InChI is InChI=1S/C15H22N2O/c1-11(7-8-16)9-12-3-5-14-13(10-12)4-6-15(18)17(14)2/h3,5,10-11H,4,6-9,16H2,1-2H3. The molecule has 0 aromatic heterocycles. The fourth-order valence-electron chi connectivity index (χ4n) is 2.63. The summed E-state index contributed by atoms with van der Waals surface area (Å²) in [5.41, 5.74) is 9.31. The number of benzene rings is 1. The molecule has 0 radical (unpaired) electrons. The molecule has 1 aliphatic heterocycles. The van der Waals surface area contributed by atoms with E-state index in [2.05, 4.69) is 25.1 Å². The van der Waals surface area contributed by atoms with Gasteiger partial charge in [-0.05, 0) is 48.9 Å². The molecule has 3 heteroatoms. The maximum absolute atomic E-state index is 11.6. The Labute approximate surface area is 109 Å². The Hall–Kier alpha value is -1.35. The third kappa shape index (κ3) is 2.72. The van der Waals surface area contributed by atoms with Crippen molar-refractivity contribution in [2.45, 2.75) is 32.6 Å². The fraction of sp³-hybridized carbons (Fsp3) is 0.533. The average molecular weight is 246 g/mol. The summed E-state index contributed by atoms with van der Waals surface area (Å²) in [4.78, 5) is 13.4. The van der Waals surface area contributed by atoms with Crippen LogP contribution in [0.3, 0.4) is 0 Å². The molecule has 1 aromatic rings. The van der Waals surface area contributed by atoms with E-state index >= 15 is 0 Å². The van der Waals surface area contributed by atoms with E-state index in [4.69, 9.17) is 5.73 Å². The van der Waals surface area contributed by atoms with Crippen LogP contribution in [0.5, 0.6) is 0 Å². The van der Waals surface area contributed by atoms with Crippen LogP contribution in [-0.4, -0.2) is 19.5 Å². The number of hydrogen-bond acceptors (Lipinski definition) is 2. The van der Waals surface area contributed by atoms with Crippen LogP contribution in [0.2, 0.25) is 0 Å². The molecule has 0 spiro atoms. The molecule has 0 saturated carbocycles. The van der Waals surface area contributed by atoms with E-state index < -0.39 is 0 Å². The second-order valence-electron chi connectivity index (χ2n) is 5.30. The van der Waals surface area contributed by atoms with E-state index in [1.54, 1.807) is 4.90 Å². The molecule has 0 bridgehead atoms. The zero-order chi connectivity index (χ0) is 13.1. The molecule has 2 rings (SSSR count). The number of amides is 1. The summed E-state index contributed by atoms with van der Waals surface area (Å²) in [6.45, 7) is 2.99. The van der Waals surface area contributed by atoms with Crippen LogP contribution in [0.1, 0.15) is 30.9 Å². The van der Waals surface area contributed by atoms with Crippen molar-refractivity contribution in [3.8, 4) is 0 Å². The number of aryl methyl sites for hydroxylation is 1. The number of nitrogens with two attached hydrogens (primary N) is 1. The van der Waals surface area contributed by atoms with Crippen molar-refractivity contribution >= 4 is 11.6 Å². The van der Waals surface area contributed by atoms with Gasteiger partial charge in [0.05, 0.1) is 0 Å². The van der Waals surface area contributed by atoms with E-state index in [-0.39, 0.29) is 5.91 Å². The summed E-state index contributed by atoms with van der Waals surface area (Å²) in [6.07, 6.45) is 3.64. The molecule has 1 amide bonds. The topological polar surface area (TPSA) is 46.3 Å². The number of carbonyl (C=O) groups is 1. The first-order valence-electron chi connectivity index (χ1n) is 6.70. The van der Waals surface area contributed by atoms with Crippen LogP contribution in [0.25, 0.3) is 0 Å². The SMILES string of the molecule is CC(CCN)Cc1ccc2c(c1)CCC(=O)N2C. The van der Waals surface area contributed by atoms with E-state index in [0.29, 0.717) is 12.3 Å². The monoisotopic (exact) mass is 246 g/mol. The smallest absolute Gasteiger partial charge is 0.227 e. The molecule has 98 valence electrons. The van der Waals surface area contributed by atoms with Crippen LogP contribution in [0.15, 0.2) is 18.2 Å². The minimum Gasteiger partial charge on any atom is -0.330 e. The van der Waals surface area contributed by atoms with Gasteiger partial charge in [0.1, 0.15) is 0 Å². The van der Waals surface area contributed by atoms with Gasteiger partial charge < -0.3 is 10.6 Å². The van der Waals surface area contributed by atoms with Crippen molar-refractivity contribution in [1.82, 2.24) is 0 Å². The third-order valence-corrected chi connectivity index (χ3v) is 3.73. The summed E-state index contributed by atoms with van der Waals surface area (Å²) in [5.74, 6) is 0.836. The van der Waals surface area contributed by atoms with Crippen molar-refractivity contribution in [3.05, 3.63) is 29.3 Å². The molecule has 18 heavy (non-hydrogen) atoms. The number of carbonyl (C=O) groups excluding carboxylic acids is 1. The first-order valence-corrected chi connectivity index (χ1v) is 6.70. The molecule has 0 fully saturated rings. The van der Waals surface area contributed by atoms with Crippen LogP contribution >= 0.6 is 0 Å². The second-order valence-corrected chi connectivity index (χ2v) is 5.30. The lowest BCUT2D eigenvalue weighted by Gasteiger charge is -2.26. The fourth-order valence-corrected chi connectivity index (χ4v) is 2.63. The average Bonchev–Trinajstić information content (AvgIpc) is 2.34. The molecule has 0 saturated heterocycles. The lowest BCUT2D eigenvalue weighted by Crippen LogP contribution is -2.31. The predicted octanol–water partition coefficient (Wildman–Crippen LogP) is 2.12. The Morgan fingerprint density at radius 2 is 2.17 bits per heavy atom. The molecule has 0 aliphatic carbocycles. The highest BCUT2D eigenvalue weighted by Gasteiger charge is 2.20. The zero-order valence-electron chi connectivity index (χ0n) is 11.3. The number of hydrogen-bond donors (Lipinski definition) is 1. The molecular weight excluding hydrogens is 224 g/mol. The van der Waals surface area contributed by atoms with E-state index in [1.165, 1.54) is 11.1 Å². The molecular formula is C15H22N2O. The van der Waals surface area contributed by atoms with Gasteiger partial charge in [0, 0.05) is 19.2 Å². The van der Waals surface area contributed by atoms with Gasteiger partial charge in [-0.1, -0.05) is 19.1 Å². The maximum Gasteiger partial charge on any atom is 0.227 e. The highest BCUT2D eigenvalue weighted by molar-refractivity contribution is 5.95. The van der Waals surface area contributed by atoms with Crippen molar-refractivity contribution in [2.24, 2.45) is 11.7 Å². The van der Waals surface area contributed by atoms with E-state index in [9.17, 15) is 4.79 Å². The van der Waals surface area contributed by atoms with Gasteiger partial charge in [0.15, 0.2) is 0 Å². The number of nitrogens with zero attached hydrogens (tertiary/aromatic N) is 1. The first-order chi connectivity index (χ1) is 8.61. The number of rotatable bonds is 4. The van der Waals surface area contributed by atoms with Crippen molar-refractivity contribution < 1.29 is 4.79 Å². The molecule has 2 N–H and O–H groups in total. The minimum absolute atomic E-state index is 0.215. The Morgan fingerprint density at radius 3 is 2.89 bits per heavy atom. The quantitative estimate of drug-likeness (QED) is 0.884. The van der Waals surface area contributed by atoms with Crippen LogP contribution in [-0.2, 0) is 17.6 Å². The van der Waals surface area contributed by atoms with Crippen LogP contribution in [0.4, 0.5) is 5.69 Å². The number of fused-ring (bicyclic) bond motifs is 1. The molecule has 1 aliphatic rings.